The molecular weight excluding hydrogens is 297 g/mol. The average Bonchev–Trinajstić information content (AvgIpc) is 2.21. The Morgan fingerprint density at radius 1 is 1.33 bits per heavy atom. The van der Waals surface area contributed by atoms with Gasteiger partial charge in [-0.05, 0) is 37.6 Å². The molecule has 1 aromatic rings. The van der Waals surface area contributed by atoms with Crippen LogP contribution in [0.4, 0.5) is 4.39 Å². The number of rotatable bonds is 4. The monoisotopic (exact) mass is 315 g/mol. The molecule has 18 heavy (non-hydrogen) atoms. The molecule has 0 unspecified atom stereocenters. The van der Waals surface area contributed by atoms with Gasteiger partial charge in [0.25, 0.3) is 0 Å². The molecular formula is C14H19BrFNO. The van der Waals surface area contributed by atoms with E-state index in [2.05, 4.69) is 15.9 Å². The standard InChI is InChI=1S/C14H19BrFNO/c1-13(2,14(3,4)17)12(18)8-9-7-10(16)5-6-11(9)15/h5-7H,8,17H2,1-4H3. The minimum Gasteiger partial charge on any atom is -0.325 e. The van der Waals surface area contributed by atoms with Crippen LogP contribution in [0.15, 0.2) is 22.7 Å². The van der Waals surface area contributed by atoms with E-state index in [1.807, 2.05) is 27.7 Å². The zero-order chi connectivity index (χ0) is 14.1. The fourth-order valence-electron chi connectivity index (χ4n) is 1.43. The molecule has 2 nitrogen and oxygen atoms in total. The lowest BCUT2D eigenvalue weighted by Crippen LogP contribution is -2.52. The van der Waals surface area contributed by atoms with Gasteiger partial charge in [-0.2, -0.15) is 0 Å². The van der Waals surface area contributed by atoms with Crippen molar-refractivity contribution in [2.24, 2.45) is 11.1 Å². The van der Waals surface area contributed by atoms with Gasteiger partial charge >= 0.3 is 0 Å². The summed E-state index contributed by atoms with van der Waals surface area (Å²) >= 11 is 3.33. The van der Waals surface area contributed by atoms with Crippen LogP contribution in [-0.2, 0) is 11.2 Å². The Hall–Kier alpha value is -0.740. The van der Waals surface area contributed by atoms with Gasteiger partial charge in [0.15, 0.2) is 0 Å². The van der Waals surface area contributed by atoms with E-state index in [1.165, 1.54) is 12.1 Å². The molecule has 0 heterocycles. The molecule has 0 aliphatic heterocycles. The summed E-state index contributed by atoms with van der Waals surface area (Å²) in [7, 11) is 0. The molecule has 0 aromatic heterocycles. The number of hydrogen-bond acceptors (Lipinski definition) is 2. The maximum atomic E-state index is 13.2. The van der Waals surface area contributed by atoms with Gasteiger partial charge in [-0.25, -0.2) is 4.39 Å². The summed E-state index contributed by atoms with van der Waals surface area (Å²) < 4.78 is 13.9. The van der Waals surface area contributed by atoms with Crippen molar-refractivity contribution in [3.8, 4) is 0 Å². The molecule has 0 aliphatic rings. The molecule has 0 saturated carbocycles. The van der Waals surface area contributed by atoms with Gasteiger partial charge in [0.2, 0.25) is 0 Å². The topological polar surface area (TPSA) is 43.1 Å². The smallest absolute Gasteiger partial charge is 0.144 e. The fourth-order valence-corrected chi connectivity index (χ4v) is 1.82. The number of ketones is 1. The Labute approximate surface area is 116 Å². The van der Waals surface area contributed by atoms with E-state index in [0.29, 0.717) is 5.56 Å². The van der Waals surface area contributed by atoms with Crippen molar-refractivity contribution in [2.75, 3.05) is 0 Å². The largest absolute Gasteiger partial charge is 0.325 e. The predicted octanol–water partition coefficient (Wildman–Crippen LogP) is 3.46. The molecule has 0 bridgehead atoms. The SMILES string of the molecule is CC(C)(N)C(C)(C)C(=O)Cc1cc(F)ccc1Br. The van der Waals surface area contributed by atoms with Crippen LogP contribution in [0, 0.1) is 11.2 Å². The quantitative estimate of drug-likeness (QED) is 0.924. The van der Waals surface area contributed by atoms with Crippen LogP contribution >= 0.6 is 15.9 Å². The summed E-state index contributed by atoms with van der Waals surface area (Å²) in [5.41, 5.74) is 5.39. The number of hydrogen-bond donors (Lipinski definition) is 1. The van der Waals surface area contributed by atoms with Crippen molar-refractivity contribution in [3.63, 3.8) is 0 Å². The maximum absolute atomic E-state index is 13.2. The minimum atomic E-state index is -0.668. The predicted molar refractivity (Wildman–Crippen MR) is 74.9 cm³/mol. The highest BCUT2D eigenvalue weighted by atomic mass is 79.9. The van der Waals surface area contributed by atoms with E-state index in [1.54, 1.807) is 6.07 Å². The van der Waals surface area contributed by atoms with Crippen LogP contribution in [0.3, 0.4) is 0 Å². The number of carbonyl (C=O) groups is 1. The minimum absolute atomic E-state index is 0.00120. The molecule has 0 saturated heterocycles. The normalized spacial score (nSPS) is 12.6. The Balaban J connectivity index is 2.98. The number of Topliss-reactive ketones (excluding diaryl/α,β-unsaturated/α-hetero) is 1. The first-order chi connectivity index (χ1) is 8.05. The number of nitrogens with two attached hydrogens (primary N) is 1. The fraction of sp³-hybridized carbons (Fsp3) is 0.500. The second-order valence-electron chi connectivity index (χ2n) is 5.68. The third-order valence-corrected chi connectivity index (χ3v) is 4.44. The molecule has 0 atom stereocenters. The summed E-state index contributed by atoms with van der Waals surface area (Å²) in [6.45, 7) is 7.29. The van der Waals surface area contributed by atoms with E-state index in [0.717, 1.165) is 4.47 Å². The summed E-state index contributed by atoms with van der Waals surface area (Å²) in [6.07, 6.45) is 0.173. The maximum Gasteiger partial charge on any atom is 0.144 e. The molecule has 0 aliphatic carbocycles. The van der Waals surface area contributed by atoms with Gasteiger partial charge in [-0.3, -0.25) is 4.79 Å². The summed E-state index contributed by atoms with van der Waals surface area (Å²) in [6, 6.07) is 4.34. The van der Waals surface area contributed by atoms with E-state index in [-0.39, 0.29) is 18.0 Å². The van der Waals surface area contributed by atoms with Crippen LogP contribution in [-0.4, -0.2) is 11.3 Å². The third kappa shape index (κ3) is 3.18. The van der Waals surface area contributed by atoms with Crippen molar-refractivity contribution in [2.45, 2.75) is 39.7 Å². The first-order valence-corrected chi connectivity index (χ1v) is 6.61. The van der Waals surface area contributed by atoms with Crippen LogP contribution in [0.1, 0.15) is 33.3 Å². The lowest BCUT2D eigenvalue weighted by atomic mass is 9.71. The van der Waals surface area contributed by atoms with Crippen molar-refractivity contribution >= 4 is 21.7 Å². The third-order valence-electron chi connectivity index (χ3n) is 3.67. The van der Waals surface area contributed by atoms with Gasteiger partial charge in [-0.1, -0.05) is 29.8 Å². The Kier molecular flexibility index (Phi) is 4.34. The lowest BCUT2D eigenvalue weighted by Gasteiger charge is -2.37. The summed E-state index contributed by atoms with van der Waals surface area (Å²) in [4.78, 5) is 12.3. The van der Waals surface area contributed by atoms with Crippen LogP contribution in [0.2, 0.25) is 0 Å². The molecule has 2 N–H and O–H groups in total. The van der Waals surface area contributed by atoms with Gasteiger partial charge in [0, 0.05) is 21.8 Å². The van der Waals surface area contributed by atoms with Crippen molar-refractivity contribution in [1.82, 2.24) is 0 Å². The second-order valence-corrected chi connectivity index (χ2v) is 6.54. The van der Waals surface area contributed by atoms with E-state index >= 15 is 0 Å². The van der Waals surface area contributed by atoms with Crippen LogP contribution in [0.5, 0.6) is 0 Å². The van der Waals surface area contributed by atoms with Gasteiger partial charge in [-0.15, -0.1) is 0 Å². The summed E-state index contributed by atoms with van der Waals surface area (Å²) in [5.74, 6) is -0.341. The van der Waals surface area contributed by atoms with Gasteiger partial charge in [0.05, 0.1) is 0 Å². The molecule has 0 radical (unpaired) electrons. The first kappa shape index (κ1) is 15.3. The number of halogens is 2. The zero-order valence-electron chi connectivity index (χ0n) is 11.2. The van der Waals surface area contributed by atoms with Crippen molar-refractivity contribution in [3.05, 3.63) is 34.1 Å². The molecule has 100 valence electrons. The Bertz CT molecular complexity index is 463. The molecule has 0 spiro atoms. The molecule has 1 rings (SSSR count). The summed E-state index contributed by atoms with van der Waals surface area (Å²) in [5, 5.41) is 0. The highest BCUT2D eigenvalue weighted by Crippen LogP contribution is 2.31. The molecule has 0 amide bonds. The van der Waals surface area contributed by atoms with Crippen molar-refractivity contribution in [1.29, 1.82) is 0 Å². The lowest BCUT2D eigenvalue weighted by molar-refractivity contribution is -0.129. The van der Waals surface area contributed by atoms with Gasteiger partial charge in [0.1, 0.15) is 11.6 Å². The second kappa shape index (κ2) is 5.10. The van der Waals surface area contributed by atoms with Crippen LogP contribution < -0.4 is 5.73 Å². The van der Waals surface area contributed by atoms with E-state index in [4.69, 9.17) is 5.73 Å². The molecule has 1 aromatic carbocycles. The molecule has 4 heteroatoms. The zero-order valence-corrected chi connectivity index (χ0v) is 12.8. The molecule has 0 fully saturated rings. The number of benzene rings is 1. The van der Waals surface area contributed by atoms with Crippen LogP contribution in [0.25, 0.3) is 0 Å². The Morgan fingerprint density at radius 2 is 1.89 bits per heavy atom. The highest BCUT2D eigenvalue weighted by molar-refractivity contribution is 9.10. The van der Waals surface area contributed by atoms with Crippen molar-refractivity contribution < 1.29 is 9.18 Å². The van der Waals surface area contributed by atoms with Gasteiger partial charge < -0.3 is 5.73 Å². The first-order valence-electron chi connectivity index (χ1n) is 5.82. The Morgan fingerprint density at radius 3 is 2.39 bits per heavy atom. The average molecular weight is 316 g/mol. The van der Waals surface area contributed by atoms with E-state index < -0.39 is 11.0 Å². The highest BCUT2D eigenvalue weighted by Gasteiger charge is 2.39. The number of carbonyl (C=O) groups excluding carboxylic acids is 1. The van der Waals surface area contributed by atoms with E-state index in [9.17, 15) is 9.18 Å².